The number of halogens is 2. The molecule has 0 aliphatic carbocycles. The van der Waals surface area contributed by atoms with Crippen LogP contribution in [0.3, 0.4) is 0 Å². The van der Waals surface area contributed by atoms with E-state index in [4.69, 9.17) is 16.3 Å². The lowest BCUT2D eigenvalue weighted by Gasteiger charge is -2.10. The second-order valence-corrected chi connectivity index (χ2v) is 6.03. The summed E-state index contributed by atoms with van der Waals surface area (Å²) in [7, 11) is 1.49. The summed E-state index contributed by atoms with van der Waals surface area (Å²) in [6, 6.07) is 13.3. The fourth-order valence-corrected chi connectivity index (χ4v) is 2.68. The van der Waals surface area contributed by atoms with Crippen LogP contribution in [0.2, 0.25) is 5.02 Å². The van der Waals surface area contributed by atoms with Gasteiger partial charge in [0.15, 0.2) is 0 Å². The van der Waals surface area contributed by atoms with E-state index < -0.39 is 11.5 Å². The summed E-state index contributed by atoms with van der Waals surface area (Å²) in [4.78, 5) is 24.3. The van der Waals surface area contributed by atoms with Crippen molar-refractivity contribution in [1.82, 2.24) is 9.78 Å². The molecule has 0 spiro atoms. The first kappa shape index (κ1) is 18.6. The largest absolute Gasteiger partial charge is 0.495 e. The van der Waals surface area contributed by atoms with Crippen molar-refractivity contribution in [3.8, 4) is 17.0 Å². The maximum Gasteiger partial charge on any atom is 0.267 e. The average molecular weight is 388 g/mol. The molecule has 1 amide bonds. The van der Waals surface area contributed by atoms with Gasteiger partial charge in [0.25, 0.3) is 5.56 Å². The first-order chi connectivity index (χ1) is 13.0. The van der Waals surface area contributed by atoms with Gasteiger partial charge >= 0.3 is 0 Å². The maximum absolute atomic E-state index is 13.1. The first-order valence-electron chi connectivity index (χ1n) is 7.94. The number of ether oxygens (including phenoxy) is 1. The minimum Gasteiger partial charge on any atom is -0.495 e. The maximum atomic E-state index is 13.1. The number of anilines is 1. The number of nitrogens with zero attached hydrogens (tertiary/aromatic N) is 2. The molecule has 0 saturated heterocycles. The summed E-state index contributed by atoms with van der Waals surface area (Å²) in [5.41, 5.74) is 1.12. The van der Waals surface area contributed by atoms with Gasteiger partial charge in [-0.25, -0.2) is 9.07 Å². The van der Waals surface area contributed by atoms with E-state index in [0.29, 0.717) is 27.7 Å². The van der Waals surface area contributed by atoms with Gasteiger partial charge in [-0.05, 0) is 48.5 Å². The van der Waals surface area contributed by atoms with E-state index in [2.05, 4.69) is 10.4 Å². The lowest BCUT2D eigenvalue weighted by Crippen LogP contribution is -2.29. The molecular formula is C19H15ClFN3O3. The number of benzene rings is 2. The third-order valence-electron chi connectivity index (χ3n) is 3.74. The summed E-state index contributed by atoms with van der Waals surface area (Å²) in [5.74, 6) is -0.328. The number of carbonyl (C=O) groups is 1. The van der Waals surface area contributed by atoms with E-state index in [0.717, 1.165) is 4.68 Å². The fourth-order valence-electron chi connectivity index (χ4n) is 2.42. The molecule has 0 atom stereocenters. The summed E-state index contributed by atoms with van der Waals surface area (Å²) < 4.78 is 19.2. The van der Waals surface area contributed by atoms with Crippen molar-refractivity contribution < 1.29 is 13.9 Å². The fraction of sp³-hybridized carbons (Fsp3) is 0.105. The molecule has 1 heterocycles. The van der Waals surface area contributed by atoms with E-state index >= 15 is 0 Å². The lowest BCUT2D eigenvalue weighted by molar-refractivity contribution is -0.117. The second-order valence-electron chi connectivity index (χ2n) is 5.62. The highest BCUT2D eigenvalue weighted by molar-refractivity contribution is 6.32. The molecule has 8 heteroatoms. The van der Waals surface area contributed by atoms with E-state index in [9.17, 15) is 14.0 Å². The molecule has 0 fully saturated rings. The zero-order valence-electron chi connectivity index (χ0n) is 14.3. The Morgan fingerprint density at radius 2 is 1.93 bits per heavy atom. The number of amides is 1. The molecule has 1 N–H and O–H groups in total. The van der Waals surface area contributed by atoms with Crippen LogP contribution >= 0.6 is 11.6 Å². The van der Waals surface area contributed by atoms with E-state index in [1.165, 1.54) is 31.4 Å². The molecule has 0 aliphatic heterocycles. The molecule has 0 bridgehead atoms. The van der Waals surface area contributed by atoms with Crippen molar-refractivity contribution in [3.05, 3.63) is 75.8 Å². The van der Waals surface area contributed by atoms with Gasteiger partial charge in [-0.15, -0.1) is 0 Å². The normalized spacial score (nSPS) is 10.5. The van der Waals surface area contributed by atoms with Gasteiger partial charge in [-0.2, -0.15) is 5.10 Å². The Bertz CT molecular complexity index is 1040. The number of carbonyl (C=O) groups excluding carboxylic acids is 1. The number of methoxy groups -OCH3 is 1. The van der Waals surface area contributed by atoms with Crippen LogP contribution in [0.1, 0.15) is 0 Å². The predicted octanol–water partition coefficient (Wildman–Crippen LogP) is 3.35. The van der Waals surface area contributed by atoms with Crippen LogP contribution in [-0.2, 0) is 11.3 Å². The van der Waals surface area contributed by atoms with Crippen molar-refractivity contribution in [3.63, 3.8) is 0 Å². The standard InChI is InChI=1S/C19H15ClFN3O3/c1-27-17-8-6-14(10-15(17)20)22-18(25)11-24-19(26)9-7-16(23-24)12-2-4-13(21)5-3-12/h2-10H,11H2,1H3,(H,22,25). The number of hydrogen-bond donors (Lipinski definition) is 1. The summed E-state index contributed by atoms with van der Waals surface area (Å²) in [6.45, 7) is -0.280. The lowest BCUT2D eigenvalue weighted by atomic mass is 10.1. The summed E-state index contributed by atoms with van der Waals surface area (Å²) >= 11 is 6.03. The summed E-state index contributed by atoms with van der Waals surface area (Å²) in [5, 5.41) is 7.17. The topological polar surface area (TPSA) is 73.2 Å². The van der Waals surface area contributed by atoms with Crippen LogP contribution < -0.4 is 15.6 Å². The van der Waals surface area contributed by atoms with E-state index in [1.54, 1.807) is 30.3 Å². The van der Waals surface area contributed by atoms with Crippen LogP contribution in [0.15, 0.2) is 59.4 Å². The molecule has 2 aromatic carbocycles. The van der Waals surface area contributed by atoms with Gasteiger partial charge in [0, 0.05) is 17.3 Å². The molecule has 27 heavy (non-hydrogen) atoms. The number of aromatic nitrogens is 2. The van der Waals surface area contributed by atoms with Crippen molar-refractivity contribution in [2.75, 3.05) is 12.4 Å². The van der Waals surface area contributed by atoms with Gasteiger partial charge in [0.1, 0.15) is 18.1 Å². The highest BCUT2D eigenvalue weighted by Gasteiger charge is 2.10. The Hall–Kier alpha value is -3.19. The van der Waals surface area contributed by atoms with Crippen molar-refractivity contribution in [2.45, 2.75) is 6.54 Å². The third-order valence-corrected chi connectivity index (χ3v) is 4.03. The van der Waals surface area contributed by atoms with Crippen LogP contribution in [0, 0.1) is 5.82 Å². The highest BCUT2D eigenvalue weighted by Crippen LogP contribution is 2.27. The molecule has 138 valence electrons. The van der Waals surface area contributed by atoms with Crippen molar-refractivity contribution >= 4 is 23.2 Å². The number of hydrogen-bond acceptors (Lipinski definition) is 4. The van der Waals surface area contributed by atoms with E-state index in [1.807, 2.05) is 0 Å². The van der Waals surface area contributed by atoms with Crippen molar-refractivity contribution in [2.24, 2.45) is 0 Å². The third kappa shape index (κ3) is 4.51. The minimum atomic E-state index is -0.443. The molecular weight excluding hydrogens is 373 g/mol. The Kier molecular flexibility index (Phi) is 5.52. The second kappa shape index (κ2) is 8.01. The van der Waals surface area contributed by atoms with Gasteiger partial charge in [-0.3, -0.25) is 9.59 Å². The van der Waals surface area contributed by atoms with Gasteiger partial charge < -0.3 is 10.1 Å². The monoisotopic (exact) mass is 387 g/mol. The molecule has 0 unspecified atom stereocenters. The zero-order valence-corrected chi connectivity index (χ0v) is 15.0. The predicted molar refractivity (Wildman–Crippen MR) is 101 cm³/mol. The Morgan fingerprint density at radius 1 is 1.19 bits per heavy atom. The Labute approximate surface area is 159 Å². The molecule has 1 aromatic heterocycles. The molecule has 3 rings (SSSR count). The van der Waals surface area contributed by atoms with Crippen LogP contribution in [0.5, 0.6) is 5.75 Å². The van der Waals surface area contributed by atoms with Gasteiger partial charge in [0.05, 0.1) is 17.8 Å². The Balaban J connectivity index is 1.77. The van der Waals surface area contributed by atoms with Crippen LogP contribution in [-0.4, -0.2) is 22.8 Å². The van der Waals surface area contributed by atoms with Gasteiger partial charge in [-0.1, -0.05) is 11.6 Å². The number of nitrogens with one attached hydrogen (secondary N) is 1. The zero-order chi connectivity index (χ0) is 19.4. The quantitative estimate of drug-likeness (QED) is 0.728. The Morgan fingerprint density at radius 3 is 2.59 bits per heavy atom. The van der Waals surface area contributed by atoms with Crippen LogP contribution in [0.25, 0.3) is 11.3 Å². The minimum absolute atomic E-state index is 0.280. The van der Waals surface area contributed by atoms with Gasteiger partial charge in [0.2, 0.25) is 5.91 Å². The molecule has 6 nitrogen and oxygen atoms in total. The smallest absolute Gasteiger partial charge is 0.267 e. The molecule has 0 radical (unpaired) electrons. The van der Waals surface area contributed by atoms with E-state index in [-0.39, 0.29) is 12.4 Å². The van der Waals surface area contributed by atoms with Crippen molar-refractivity contribution in [1.29, 1.82) is 0 Å². The first-order valence-corrected chi connectivity index (χ1v) is 8.31. The highest BCUT2D eigenvalue weighted by atomic mass is 35.5. The van der Waals surface area contributed by atoms with Crippen LogP contribution in [0.4, 0.5) is 10.1 Å². The average Bonchev–Trinajstić information content (AvgIpc) is 2.64. The molecule has 3 aromatic rings. The molecule has 0 saturated carbocycles. The number of rotatable bonds is 5. The SMILES string of the molecule is COc1ccc(NC(=O)Cn2nc(-c3ccc(F)cc3)ccc2=O)cc1Cl. The molecule has 0 aliphatic rings. The summed E-state index contributed by atoms with van der Waals surface area (Å²) in [6.07, 6.45) is 0.